The number of amides is 2. The van der Waals surface area contributed by atoms with Crippen LogP contribution in [0.15, 0.2) is 77.4 Å². The molecule has 1 aliphatic heterocycles. The van der Waals surface area contributed by atoms with Crippen molar-refractivity contribution in [1.82, 2.24) is 0 Å². The predicted octanol–water partition coefficient (Wildman–Crippen LogP) is 2.53. The average Bonchev–Trinajstić information content (AvgIpc) is 3.25. The van der Waals surface area contributed by atoms with E-state index < -0.39 is 49.4 Å². The Morgan fingerprint density at radius 3 is 2.51 bits per heavy atom. The molecule has 5 N–H and O–H groups in total. The topological polar surface area (TPSA) is 148 Å². The van der Waals surface area contributed by atoms with Gasteiger partial charge in [-0.15, -0.1) is 0 Å². The summed E-state index contributed by atoms with van der Waals surface area (Å²) in [6, 6.07) is 17.1. The summed E-state index contributed by atoms with van der Waals surface area (Å²) < 4.78 is 5.43. The quantitative estimate of drug-likeness (QED) is 0.139. The van der Waals surface area contributed by atoms with E-state index in [1.54, 1.807) is 12.1 Å². The lowest BCUT2D eigenvalue weighted by molar-refractivity contribution is -0.123. The van der Waals surface area contributed by atoms with Gasteiger partial charge in [-0.05, 0) is 71.9 Å². The van der Waals surface area contributed by atoms with Crippen molar-refractivity contribution in [3.05, 3.63) is 82.9 Å². The van der Waals surface area contributed by atoms with Gasteiger partial charge in [0.2, 0.25) is 11.8 Å². The number of phenolic OH excluding ortho intramolecular Hbond substituents is 1. The number of aliphatic hydroxyl groups excluding tert-OH is 2. The van der Waals surface area contributed by atoms with E-state index in [0.29, 0.717) is 24.0 Å². The van der Waals surface area contributed by atoms with Crippen LogP contribution in [-0.2, 0) is 14.3 Å². The molecule has 5 rings (SSSR count). The van der Waals surface area contributed by atoms with E-state index in [9.17, 15) is 35.0 Å². The molecular formula is C33H36BNO8. The summed E-state index contributed by atoms with van der Waals surface area (Å²) in [7, 11) is -0.242. The first-order chi connectivity index (χ1) is 20.7. The third-order valence-electron chi connectivity index (χ3n) is 8.63. The number of carbonyl (C=O) groups is 2. The van der Waals surface area contributed by atoms with Crippen LogP contribution in [0.1, 0.15) is 31.7 Å². The molecule has 1 fully saturated rings. The van der Waals surface area contributed by atoms with Gasteiger partial charge < -0.3 is 30.1 Å². The molecule has 1 aliphatic carbocycles. The molecule has 2 amide bonds. The fraction of sp³-hybridized carbons (Fsp3) is 0.333. The molecule has 43 heavy (non-hydrogen) atoms. The van der Waals surface area contributed by atoms with Crippen LogP contribution in [0.2, 0.25) is 0 Å². The van der Waals surface area contributed by atoms with Crippen molar-refractivity contribution >= 4 is 46.9 Å². The second-order valence-corrected chi connectivity index (χ2v) is 11.4. The molecule has 2 aliphatic rings. The van der Waals surface area contributed by atoms with E-state index in [1.807, 2.05) is 43.3 Å². The van der Waals surface area contributed by atoms with Crippen LogP contribution in [0.3, 0.4) is 0 Å². The number of ether oxygens (including phenoxy) is 1. The van der Waals surface area contributed by atoms with Crippen LogP contribution in [-0.4, -0.2) is 70.7 Å². The minimum atomic E-state index is -1.76. The highest BCUT2D eigenvalue weighted by Gasteiger charge is 2.55. The molecule has 0 spiro atoms. The number of hydrogen-bond acceptors (Lipinski definition) is 8. The molecule has 10 heteroatoms. The molecule has 0 bridgehead atoms. The zero-order chi connectivity index (χ0) is 30.8. The number of methoxy groups -OCH3 is 1. The van der Waals surface area contributed by atoms with Gasteiger partial charge in [0.15, 0.2) is 0 Å². The monoisotopic (exact) mass is 585 g/mol. The second kappa shape index (κ2) is 12.8. The maximum atomic E-state index is 13.7. The Morgan fingerprint density at radius 2 is 1.81 bits per heavy atom. The van der Waals surface area contributed by atoms with Crippen molar-refractivity contribution in [2.75, 3.05) is 25.2 Å². The number of imide groups is 1. The van der Waals surface area contributed by atoms with E-state index in [-0.39, 0.29) is 29.9 Å². The maximum absolute atomic E-state index is 13.7. The lowest BCUT2D eigenvalue weighted by Crippen LogP contribution is -2.39. The van der Waals surface area contributed by atoms with Crippen molar-refractivity contribution in [2.24, 2.45) is 17.8 Å². The second-order valence-electron chi connectivity index (χ2n) is 11.4. The van der Waals surface area contributed by atoms with Crippen LogP contribution >= 0.6 is 0 Å². The van der Waals surface area contributed by atoms with Gasteiger partial charge in [-0.25, -0.2) is 0 Å². The summed E-state index contributed by atoms with van der Waals surface area (Å²) in [5.74, 6) is -3.10. The predicted molar refractivity (Wildman–Crippen MR) is 164 cm³/mol. The molecule has 9 nitrogen and oxygen atoms in total. The summed E-state index contributed by atoms with van der Waals surface area (Å²) >= 11 is 0. The Balaban J connectivity index is 1.40. The van der Waals surface area contributed by atoms with E-state index in [0.717, 1.165) is 26.8 Å². The number of phenols is 1. The molecule has 0 radical (unpaired) electrons. The molecule has 3 aromatic rings. The first kappa shape index (κ1) is 30.7. The average molecular weight is 585 g/mol. The summed E-state index contributed by atoms with van der Waals surface area (Å²) in [4.78, 5) is 28.4. The van der Waals surface area contributed by atoms with Crippen LogP contribution in [0.25, 0.3) is 16.8 Å². The number of anilines is 1. The zero-order valence-corrected chi connectivity index (χ0v) is 24.2. The van der Waals surface area contributed by atoms with Gasteiger partial charge in [-0.2, -0.15) is 0 Å². The number of hydrogen-bond donors (Lipinski definition) is 5. The lowest BCUT2D eigenvalue weighted by Gasteiger charge is -2.36. The van der Waals surface area contributed by atoms with Crippen LogP contribution in [0.5, 0.6) is 5.75 Å². The molecular weight excluding hydrogens is 549 g/mol. The van der Waals surface area contributed by atoms with Crippen LogP contribution in [0.4, 0.5) is 5.69 Å². The van der Waals surface area contributed by atoms with Crippen molar-refractivity contribution in [3.63, 3.8) is 0 Å². The number of aromatic hydroxyl groups is 1. The van der Waals surface area contributed by atoms with Gasteiger partial charge in [-0.1, -0.05) is 54.1 Å². The summed E-state index contributed by atoms with van der Waals surface area (Å²) in [6.07, 6.45) is 2.11. The standard InChI is InChI=1S/C33H36BNO8/c1-19(14-20-11-13-28(37)25-9-4-3-8-24(20)25)10-12-29(38)30-21(18-43-2)15-26-31(27(30)17-36)33(40)35(32(26)39)23-7-5-6-22(16-23)34(41)42/h3-9,11,13-14,16,26-27,29,31,36-38,41-42H,10,12,15,17-18H2,1-2H3/b19-14+/t26-,27+,29-,31-/m1/s1. The van der Waals surface area contributed by atoms with Crippen LogP contribution in [0, 0.1) is 17.8 Å². The number of carbonyl (C=O) groups excluding carboxylic acids is 2. The van der Waals surface area contributed by atoms with E-state index in [2.05, 4.69) is 0 Å². The van der Waals surface area contributed by atoms with Crippen molar-refractivity contribution in [1.29, 1.82) is 0 Å². The minimum Gasteiger partial charge on any atom is -0.507 e. The summed E-state index contributed by atoms with van der Waals surface area (Å²) in [6.45, 7) is 1.68. The maximum Gasteiger partial charge on any atom is 0.488 e. The number of allylic oxidation sites excluding steroid dienone is 1. The zero-order valence-electron chi connectivity index (χ0n) is 24.2. The van der Waals surface area contributed by atoms with Gasteiger partial charge >= 0.3 is 7.12 Å². The van der Waals surface area contributed by atoms with Crippen LogP contribution < -0.4 is 10.4 Å². The molecule has 224 valence electrons. The van der Waals surface area contributed by atoms with Gasteiger partial charge in [0.1, 0.15) is 5.75 Å². The highest BCUT2D eigenvalue weighted by molar-refractivity contribution is 6.58. The first-order valence-corrected chi connectivity index (χ1v) is 14.4. The molecule has 0 saturated carbocycles. The Bertz CT molecular complexity index is 1600. The lowest BCUT2D eigenvalue weighted by atomic mass is 9.68. The highest BCUT2D eigenvalue weighted by atomic mass is 16.5. The smallest absolute Gasteiger partial charge is 0.488 e. The van der Waals surface area contributed by atoms with E-state index >= 15 is 0 Å². The first-order valence-electron chi connectivity index (χ1n) is 14.4. The summed E-state index contributed by atoms with van der Waals surface area (Å²) in [5.41, 5.74) is 3.55. The summed E-state index contributed by atoms with van der Waals surface area (Å²) in [5, 5.41) is 53.1. The van der Waals surface area contributed by atoms with Crippen molar-refractivity contribution < 1.29 is 39.7 Å². The molecule has 3 aromatic carbocycles. The van der Waals surface area contributed by atoms with Crippen molar-refractivity contribution in [3.8, 4) is 5.75 Å². The largest absolute Gasteiger partial charge is 0.507 e. The Hall–Kier alpha value is -3.80. The Morgan fingerprint density at radius 1 is 1.07 bits per heavy atom. The minimum absolute atomic E-state index is 0.143. The molecule has 4 atom stereocenters. The number of rotatable bonds is 10. The van der Waals surface area contributed by atoms with Crippen molar-refractivity contribution in [2.45, 2.75) is 32.3 Å². The Kier molecular flexibility index (Phi) is 9.15. The number of fused-ring (bicyclic) bond motifs is 2. The fourth-order valence-electron chi connectivity index (χ4n) is 6.63. The number of benzene rings is 3. The Labute approximate surface area is 250 Å². The highest BCUT2D eigenvalue weighted by Crippen LogP contribution is 2.47. The SMILES string of the molecule is COCC1=C([C@H](O)CC/C(C)=C/c2ccc(O)c3ccccc23)[C@H](CO)[C@@H]2C(=O)N(c3cccc(B(O)O)c3)C(=O)[C@@H]2C1. The van der Waals surface area contributed by atoms with Gasteiger partial charge in [0.25, 0.3) is 0 Å². The molecule has 0 aromatic heterocycles. The normalized spacial score (nSPS) is 21.5. The van der Waals surface area contributed by atoms with Gasteiger partial charge in [0, 0.05) is 18.4 Å². The van der Waals surface area contributed by atoms with E-state index in [4.69, 9.17) is 4.74 Å². The number of aliphatic hydroxyl groups is 2. The molecule has 1 heterocycles. The molecule has 1 saturated heterocycles. The third kappa shape index (κ3) is 5.89. The van der Waals surface area contributed by atoms with Gasteiger partial charge in [0.05, 0.1) is 36.8 Å². The third-order valence-corrected chi connectivity index (χ3v) is 8.63. The fourth-order valence-corrected chi connectivity index (χ4v) is 6.63. The molecule has 0 unspecified atom stereocenters. The van der Waals surface area contributed by atoms with E-state index in [1.165, 1.54) is 25.3 Å². The number of nitrogens with zero attached hydrogens (tertiary/aromatic N) is 1. The van der Waals surface area contributed by atoms with Gasteiger partial charge in [-0.3, -0.25) is 14.5 Å².